The standard InChI is InChI=1S/C16H17N3OS/c1-2-3-4-15(20)17-13-7-5-12(6-8-13)14-11-19-9-10-21-16(19)18-14/h5-11H,2-4H2,1H3,(H,17,20). The molecule has 0 radical (unpaired) electrons. The zero-order valence-electron chi connectivity index (χ0n) is 11.9. The Bertz CT molecular complexity index is 714. The highest BCUT2D eigenvalue weighted by molar-refractivity contribution is 7.15. The van der Waals surface area contributed by atoms with Crippen molar-refractivity contribution in [2.45, 2.75) is 26.2 Å². The molecule has 108 valence electrons. The number of thiazole rings is 1. The average molecular weight is 299 g/mol. The molecule has 1 N–H and O–H groups in total. The van der Waals surface area contributed by atoms with Gasteiger partial charge in [0.25, 0.3) is 0 Å². The molecule has 0 atom stereocenters. The molecule has 2 heterocycles. The van der Waals surface area contributed by atoms with Crippen molar-refractivity contribution in [3.05, 3.63) is 42.0 Å². The fourth-order valence-electron chi connectivity index (χ4n) is 2.15. The topological polar surface area (TPSA) is 46.4 Å². The Balaban J connectivity index is 1.71. The Labute approximate surface area is 127 Å². The van der Waals surface area contributed by atoms with Crippen molar-refractivity contribution in [1.29, 1.82) is 0 Å². The van der Waals surface area contributed by atoms with Gasteiger partial charge in [0.2, 0.25) is 5.91 Å². The Morgan fingerprint density at radius 2 is 2.14 bits per heavy atom. The number of hydrogen-bond acceptors (Lipinski definition) is 3. The number of imidazole rings is 1. The number of hydrogen-bond donors (Lipinski definition) is 1. The quantitative estimate of drug-likeness (QED) is 0.767. The molecule has 5 heteroatoms. The summed E-state index contributed by atoms with van der Waals surface area (Å²) in [6.45, 7) is 2.08. The molecule has 3 rings (SSSR count). The van der Waals surface area contributed by atoms with E-state index in [1.807, 2.05) is 46.4 Å². The van der Waals surface area contributed by atoms with E-state index in [1.165, 1.54) is 0 Å². The van der Waals surface area contributed by atoms with Crippen LogP contribution in [0.15, 0.2) is 42.0 Å². The van der Waals surface area contributed by atoms with Crippen molar-refractivity contribution in [2.75, 3.05) is 5.32 Å². The second-order valence-electron chi connectivity index (χ2n) is 4.95. The first kappa shape index (κ1) is 13.8. The van der Waals surface area contributed by atoms with Gasteiger partial charge in [-0.1, -0.05) is 25.5 Å². The molecular formula is C16H17N3OS. The number of anilines is 1. The number of fused-ring (bicyclic) bond motifs is 1. The van der Waals surface area contributed by atoms with E-state index < -0.39 is 0 Å². The molecule has 0 spiro atoms. The SMILES string of the molecule is CCCCC(=O)Nc1ccc(-c2cn3ccsc3n2)cc1. The zero-order chi connectivity index (χ0) is 14.7. The van der Waals surface area contributed by atoms with Crippen molar-refractivity contribution in [3.8, 4) is 11.3 Å². The molecular weight excluding hydrogens is 282 g/mol. The fourth-order valence-corrected chi connectivity index (χ4v) is 2.85. The lowest BCUT2D eigenvalue weighted by Crippen LogP contribution is -2.10. The van der Waals surface area contributed by atoms with Gasteiger partial charge in [-0.2, -0.15) is 0 Å². The van der Waals surface area contributed by atoms with Gasteiger partial charge in [-0.25, -0.2) is 4.98 Å². The third kappa shape index (κ3) is 3.13. The summed E-state index contributed by atoms with van der Waals surface area (Å²) >= 11 is 1.62. The van der Waals surface area contributed by atoms with Crippen molar-refractivity contribution < 1.29 is 4.79 Å². The highest BCUT2D eigenvalue weighted by Gasteiger charge is 2.06. The molecule has 21 heavy (non-hydrogen) atoms. The van der Waals surface area contributed by atoms with E-state index in [-0.39, 0.29) is 5.91 Å². The lowest BCUT2D eigenvalue weighted by atomic mass is 10.1. The van der Waals surface area contributed by atoms with Crippen LogP contribution in [0, 0.1) is 0 Å². The summed E-state index contributed by atoms with van der Waals surface area (Å²) in [5, 5.41) is 4.93. The lowest BCUT2D eigenvalue weighted by Gasteiger charge is -2.05. The Hall–Kier alpha value is -2.14. The summed E-state index contributed by atoms with van der Waals surface area (Å²) in [6, 6.07) is 7.82. The predicted octanol–water partition coefficient (Wildman–Crippen LogP) is 4.19. The van der Waals surface area contributed by atoms with Crippen LogP contribution in [0.1, 0.15) is 26.2 Å². The third-order valence-electron chi connectivity index (χ3n) is 3.32. The van der Waals surface area contributed by atoms with E-state index in [2.05, 4.69) is 17.2 Å². The van der Waals surface area contributed by atoms with Gasteiger partial charge >= 0.3 is 0 Å². The van der Waals surface area contributed by atoms with Crippen molar-refractivity contribution in [3.63, 3.8) is 0 Å². The first-order valence-electron chi connectivity index (χ1n) is 7.09. The average Bonchev–Trinajstić information content (AvgIpc) is 3.07. The van der Waals surface area contributed by atoms with E-state index in [1.54, 1.807) is 11.3 Å². The lowest BCUT2D eigenvalue weighted by molar-refractivity contribution is -0.116. The summed E-state index contributed by atoms with van der Waals surface area (Å²) in [6.07, 6.45) is 6.55. The number of rotatable bonds is 5. The summed E-state index contributed by atoms with van der Waals surface area (Å²) in [5.74, 6) is 0.0760. The van der Waals surface area contributed by atoms with E-state index in [4.69, 9.17) is 0 Å². The largest absolute Gasteiger partial charge is 0.326 e. The third-order valence-corrected chi connectivity index (χ3v) is 4.09. The van der Waals surface area contributed by atoms with Crippen LogP contribution >= 0.6 is 11.3 Å². The van der Waals surface area contributed by atoms with Crippen molar-refractivity contribution >= 4 is 27.9 Å². The summed E-state index contributed by atoms with van der Waals surface area (Å²) in [5.41, 5.74) is 2.84. The normalized spacial score (nSPS) is 10.9. The van der Waals surface area contributed by atoms with Gasteiger partial charge in [0.15, 0.2) is 4.96 Å². The number of carbonyl (C=O) groups is 1. The van der Waals surface area contributed by atoms with Gasteiger partial charge in [-0.15, -0.1) is 11.3 Å². The van der Waals surface area contributed by atoms with Crippen LogP contribution in [-0.4, -0.2) is 15.3 Å². The minimum Gasteiger partial charge on any atom is -0.326 e. The predicted molar refractivity (Wildman–Crippen MR) is 86.7 cm³/mol. The minimum atomic E-state index is 0.0760. The minimum absolute atomic E-state index is 0.0760. The Morgan fingerprint density at radius 1 is 1.33 bits per heavy atom. The highest BCUT2D eigenvalue weighted by atomic mass is 32.1. The van der Waals surface area contributed by atoms with Gasteiger partial charge in [0, 0.05) is 35.4 Å². The first-order chi connectivity index (χ1) is 10.3. The second-order valence-corrected chi connectivity index (χ2v) is 5.82. The van der Waals surface area contributed by atoms with Crippen LogP contribution in [0.5, 0.6) is 0 Å². The number of carbonyl (C=O) groups excluding carboxylic acids is 1. The maximum atomic E-state index is 11.7. The molecule has 0 aliphatic rings. The number of amides is 1. The van der Waals surface area contributed by atoms with Gasteiger partial charge < -0.3 is 5.32 Å². The van der Waals surface area contributed by atoms with Gasteiger partial charge in [-0.05, 0) is 18.6 Å². The molecule has 0 saturated heterocycles. The number of nitrogens with one attached hydrogen (secondary N) is 1. The van der Waals surface area contributed by atoms with Crippen molar-refractivity contribution in [2.24, 2.45) is 0 Å². The zero-order valence-corrected chi connectivity index (χ0v) is 12.7. The van der Waals surface area contributed by atoms with Gasteiger partial charge in [0.1, 0.15) is 0 Å². The van der Waals surface area contributed by atoms with Crippen LogP contribution in [-0.2, 0) is 4.79 Å². The number of nitrogens with zero attached hydrogens (tertiary/aromatic N) is 2. The summed E-state index contributed by atoms with van der Waals surface area (Å²) in [7, 11) is 0. The number of aromatic nitrogens is 2. The van der Waals surface area contributed by atoms with E-state index in [9.17, 15) is 4.79 Å². The molecule has 0 aliphatic carbocycles. The number of benzene rings is 1. The van der Waals surface area contributed by atoms with E-state index in [0.717, 1.165) is 34.7 Å². The van der Waals surface area contributed by atoms with Crippen LogP contribution in [0.2, 0.25) is 0 Å². The molecule has 0 unspecified atom stereocenters. The van der Waals surface area contributed by atoms with E-state index in [0.29, 0.717) is 6.42 Å². The smallest absolute Gasteiger partial charge is 0.224 e. The monoisotopic (exact) mass is 299 g/mol. The van der Waals surface area contributed by atoms with Crippen LogP contribution in [0.25, 0.3) is 16.2 Å². The molecule has 4 nitrogen and oxygen atoms in total. The number of unbranched alkanes of at least 4 members (excludes halogenated alkanes) is 1. The molecule has 1 aromatic carbocycles. The van der Waals surface area contributed by atoms with Crippen LogP contribution in [0.3, 0.4) is 0 Å². The fraction of sp³-hybridized carbons (Fsp3) is 0.250. The molecule has 3 aromatic rings. The first-order valence-corrected chi connectivity index (χ1v) is 7.96. The van der Waals surface area contributed by atoms with Gasteiger partial charge in [-0.3, -0.25) is 9.20 Å². The van der Waals surface area contributed by atoms with E-state index >= 15 is 0 Å². The van der Waals surface area contributed by atoms with Gasteiger partial charge in [0.05, 0.1) is 5.69 Å². The maximum Gasteiger partial charge on any atom is 0.224 e. The molecule has 0 bridgehead atoms. The molecule has 2 aromatic heterocycles. The summed E-state index contributed by atoms with van der Waals surface area (Å²) in [4.78, 5) is 17.2. The molecule has 1 amide bonds. The second kappa shape index (κ2) is 6.10. The summed E-state index contributed by atoms with van der Waals surface area (Å²) < 4.78 is 2.01. The maximum absolute atomic E-state index is 11.7. The molecule has 0 fully saturated rings. The van der Waals surface area contributed by atoms with Crippen LogP contribution in [0.4, 0.5) is 5.69 Å². The molecule has 0 aliphatic heterocycles. The molecule has 0 saturated carbocycles. The van der Waals surface area contributed by atoms with Crippen molar-refractivity contribution in [1.82, 2.24) is 9.38 Å². The Kier molecular flexibility index (Phi) is 4.01. The Morgan fingerprint density at radius 3 is 2.86 bits per heavy atom. The van der Waals surface area contributed by atoms with Crippen LogP contribution < -0.4 is 5.32 Å². The highest BCUT2D eigenvalue weighted by Crippen LogP contribution is 2.23.